The van der Waals surface area contributed by atoms with Gasteiger partial charge < -0.3 is 15.5 Å². The molecule has 2 aromatic rings. The molecule has 1 aliphatic rings. The number of carbonyl (C=O) groups is 1. The van der Waals surface area contributed by atoms with E-state index in [-0.39, 0.29) is 24.6 Å². The summed E-state index contributed by atoms with van der Waals surface area (Å²) in [5.74, 6) is 8.31. The van der Waals surface area contributed by atoms with Crippen LogP contribution >= 0.6 is 11.8 Å². The van der Waals surface area contributed by atoms with Crippen LogP contribution in [-0.4, -0.2) is 43.5 Å². The van der Waals surface area contributed by atoms with Gasteiger partial charge in [0.1, 0.15) is 12.4 Å². The summed E-state index contributed by atoms with van der Waals surface area (Å²) in [6, 6.07) is 8.58. The lowest BCUT2D eigenvalue weighted by atomic mass is 9.98. The summed E-state index contributed by atoms with van der Waals surface area (Å²) in [4.78, 5) is 14.7. The topological polar surface area (TPSA) is 86.3 Å². The third kappa shape index (κ3) is 5.23. The first kappa shape index (κ1) is 21.5. The van der Waals surface area contributed by atoms with Crippen molar-refractivity contribution in [1.29, 1.82) is 0 Å². The van der Waals surface area contributed by atoms with Crippen LogP contribution in [0.5, 0.6) is 5.75 Å². The zero-order valence-corrected chi connectivity index (χ0v) is 18.5. The van der Waals surface area contributed by atoms with Gasteiger partial charge in [0, 0.05) is 12.1 Å². The Labute approximate surface area is 177 Å². The number of nitrogens with two attached hydrogens (primary N) is 1. The van der Waals surface area contributed by atoms with E-state index in [0.717, 1.165) is 18.6 Å². The average molecular weight is 418 g/mol. The Morgan fingerprint density at radius 3 is 2.48 bits per heavy atom. The molecule has 1 aromatic carbocycles. The minimum Gasteiger partial charge on any atom is -0.486 e. The van der Waals surface area contributed by atoms with Crippen LogP contribution in [0.4, 0.5) is 0 Å². The average Bonchev–Trinajstić information content (AvgIpc) is 3.04. The Bertz CT molecular complexity index is 811. The molecule has 158 valence electrons. The molecule has 2 atom stereocenters. The predicted molar refractivity (Wildman–Crippen MR) is 115 cm³/mol. The first-order valence-corrected chi connectivity index (χ1v) is 11.2. The molecule has 2 N–H and O–H groups in total. The fraction of sp³-hybridized carbons (Fsp3) is 0.571. The first-order chi connectivity index (χ1) is 13.9. The molecule has 0 bridgehead atoms. The molecule has 8 heteroatoms. The second kappa shape index (κ2) is 9.52. The normalized spacial score (nSPS) is 19.6. The van der Waals surface area contributed by atoms with Gasteiger partial charge >= 0.3 is 0 Å². The Hall–Kier alpha value is -2.22. The fourth-order valence-electron chi connectivity index (χ4n) is 3.71. The van der Waals surface area contributed by atoms with Gasteiger partial charge in [-0.1, -0.05) is 37.7 Å². The van der Waals surface area contributed by atoms with E-state index in [9.17, 15) is 4.79 Å². The molecule has 1 amide bonds. The molecule has 1 fully saturated rings. The van der Waals surface area contributed by atoms with Crippen molar-refractivity contribution in [2.45, 2.75) is 76.7 Å². The zero-order chi connectivity index (χ0) is 21.0. The van der Waals surface area contributed by atoms with Gasteiger partial charge in [-0.3, -0.25) is 4.79 Å². The first-order valence-electron chi connectivity index (χ1n) is 10.2. The number of rotatable bonds is 7. The van der Waals surface area contributed by atoms with Crippen molar-refractivity contribution in [1.82, 2.24) is 19.8 Å². The van der Waals surface area contributed by atoms with E-state index in [4.69, 9.17) is 10.6 Å². The number of aromatic nitrogens is 3. The molecule has 1 saturated heterocycles. The summed E-state index contributed by atoms with van der Waals surface area (Å²) in [5.41, 5.74) is 1.26. The van der Waals surface area contributed by atoms with Crippen LogP contribution in [0.1, 0.15) is 64.3 Å². The molecule has 1 aliphatic heterocycles. The third-order valence-corrected chi connectivity index (χ3v) is 6.38. The van der Waals surface area contributed by atoms with Gasteiger partial charge in [0.2, 0.25) is 11.1 Å². The number of nitrogens with zero attached hydrogens (tertiary/aromatic N) is 4. The lowest BCUT2D eigenvalue weighted by Gasteiger charge is -2.39. The molecule has 3 rings (SSSR count). The van der Waals surface area contributed by atoms with Gasteiger partial charge in [-0.25, -0.2) is 4.68 Å². The molecule has 0 aliphatic carbocycles. The quantitative estimate of drug-likeness (QED) is 0.547. The number of amides is 1. The summed E-state index contributed by atoms with van der Waals surface area (Å²) >= 11 is 1.32. The van der Waals surface area contributed by atoms with Crippen LogP contribution < -0.4 is 10.6 Å². The van der Waals surface area contributed by atoms with Crippen molar-refractivity contribution >= 4 is 17.7 Å². The zero-order valence-electron chi connectivity index (χ0n) is 17.7. The number of hydrogen-bond donors (Lipinski definition) is 1. The third-order valence-electron chi connectivity index (χ3n) is 5.46. The maximum atomic E-state index is 12.7. The number of nitrogen functional groups attached to an aromatic ring is 1. The van der Waals surface area contributed by atoms with Crippen molar-refractivity contribution in [2.75, 3.05) is 11.6 Å². The molecular weight excluding hydrogens is 386 g/mol. The van der Waals surface area contributed by atoms with E-state index in [1.807, 2.05) is 17.0 Å². The SMILES string of the molecule is CC(C)c1ccc(OCc2nnc(SCC(=O)N3C(C)CCCC3C)n2N)cc1. The van der Waals surface area contributed by atoms with Gasteiger partial charge in [-0.2, -0.15) is 0 Å². The Morgan fingerprint density at radius 1 is 1.21 bits per heavy atom. The number of carbonyl (C=O) groups excluding carboxylic acids is 1. The number of ether oxygens (including phenoxy) is 1. The standard InChI is InChI=1S/C21H31N5O2S/c1-14(2)17-8-10-18(11-9-17)28-12-19-23-24-21(26(19)22)29-13-20(27)25-15(3)6-5-7-16(25)4/h8-11,14-16H,5-7,12-13,22H2,1-4H3. The van der Waals surface area contributed by atoms with Crippen molar-refractivity contribution in [2.24, 2.45) is 0 Å². The Kier molecular flexibility index (Phi) is 7.05. The van der Waals surface area contributed by atoms with Crippen molar-refractivity contribution in [3.05, 3.63) is 35.7 Å². The van der Waals surface area contributed by atoms with Crippen molar-refractivity contribution in [3.63, 3.8) is 0 Å². The number of hydrogen-bond acceptors (Lipinski definition) is 6. The molecule has 2 unspecified atom stereocenters. The minimum atomic E-state index is 0.126. The maximum absolute atomic E-state index is 12.7. The van der Waals surface area contributed by atoms with Crippen LogP contribution in [-0.2, 0) is 11.4 Å². The smallest absolute Gasteiger partial charge is 0.233 e. The molecule has 7 nitrogen and oxygen atoms in total. The molecule has 1 aromatic heterocycles. The van der Waals surface area contributed by atoms with E-state index in [0.29, 0.717) is 22.7 Å². The highest BCUT2D eigenvalue weighted by Gasteiger charge is 2.29. The lowest BCUT2D eigenvalue weighted by Crippen LogP contribution is -2.48. The summed E-state index contributed by atoms with van der Waals surface area (Å²) in [5, 5.41) is 8.75. The van der Waals surface area contributed by atoms with E-state index in [1.165, 1.54) is 28.4 Å². The van der Waals surface area contributed by atoms with E-state index < -0.39 is 0 Å². The highest BCUT2D eigenvalue weighted by molar-refractivity contribution is 7.99. The maximum Gasteiger partial charge on any atom is 0.233 e. The van der Waals surface area contributed by atoms with Crippen LogP contribution in [0.3, 0.4) is 0 Å². The Balaban J connectivity index is 1.54. The number of piperidine rings is 1. The van der Waals surface area contributed by atoms with Crippen LogP contribution in [0.2, 0.25) is 0 Å². The highest BCUT2D eigenvalue weighted by Crippen LogP contribution is 2.25. The van der Waals surface area contributed by atoms with Gasteiger partial charge in [0.15, 0.2) is 5.82 Å². The van der Waals surface area contributed by atoms with Gasteiger partial charge in [0.25, 0.3) is 0 Å². The largest absolute Gasteiger partial charge is 0.486 e. The molecule has 0 spiro atoms. The number of likely N-dealkylation sites (tertiary alicyclic amines) is 1. The van der Waals surface area contributed by atoms with E-state index >= 15 is 0 Å². The molecule has 2 heterocycles. The second-order valence-electron chi connectivity index (χ2n) is 8.00. The molecular formula is C21H31N5O2S. The van der Waals surface area contributed by atoms with Crippen LogP contribution in [0, 0.1) is 0 Å². The second-order valence-corrected chi connectivity index (χ2v) is 8.94. The van der Waals surface area contributed by atoms with Gasteiger partial charge in [-0.15, -0.1) is 10.2 Å². The summed E-state index contributed by atoms with van der Waals surface area (Å²) in [6.07, 6.45) is 3.31. The molecule has 0 radical (unpaired) electrons. The summed E-state index contributed by atoms with van der Waals surface area (Å²) in [6.45, 7) is 8.77. The molecule has 0 saturated carbocycles. The predicted octanol–water partition coefficient (Wildman–Crippen LogP) is 3.58. The van der Waals surface area contributed by atoms with E-state index in [1.54, 1.807) is 0 Å². The molecule has 29 heavy (non-hydrogen) atoms. The van der Waals surface area contributed by atoms with Gasteiger partial charge in [0.05, 0.1) is 5.75 Å². The minimum absolute atomic E-state index is 0.126. The monoisotopic (exact) mass is 417 g/mol. The fourth-order valence-corrected chi connectivity index (χ4v) is 4.46. The summed E-state index contributed by atoms with van der Waals surface area (Å²) in [7, 11) is 0. The van der Waals surface area contributed by atoms with Crippen LogP contribution in [0.25, 0.3) is 0 Å². The summed E-state index contributed by atoms with van der Waals surface area (Å²) < 4.78 is 7.19. The van der Waals surface area contributed by atoms with E-state index in [2.05, 4.69) is 50.0 Å². The van der Waals surface area contributed by atoms with Crippen molar-refractivity contribution < 1.29 is 9.53 Å². The van der Waals surface area contributed by atoms with Crippen LogP contribution in [0.15, 0.2) is 29.4 Å². The highest BCUT2D eigenvalue weighted by atomic mass is 32.2. The Morgan fingerprint density at radius 2 is 1.86 bits per heavy atom. The number of thioether (sulfide) groups is 1. The lowest BCUT2D eigenvalue weighted by molar-refractivity contribution is -0.134. The number of benzene rings is 1. The van der Waals surface area contributed by atoms with Crippen molar-refractivity contribution in [3.8, 4) is 5.75 Å². The van der Waals surface area contributed by atoms with Gasteiger partial charge in [-0.05, 0) is 56.7 Å².